The molecule has 0 radical (unpaired) electrons. The van der Waals surface area contributed by atoms with Gasteiger partial charge in [-0.05, 0) is 29.8 Å². The van der Waals surface area contributed by atoms with Crippen molar-refractivity contribution in [2.75, 3.05) is 18.6 Å². The normalized spacial score (nSPS) is 16.2. The number of amides is 2. The van der Waals surface area contributed by atoms with Gasteiger partial charge >= 0.3 is 0 Å². The first-order valence-corrected chi connectivity index (χ1v) is 8.32. The predicted octanol–water partition coefficient (Wildman–Crippen LogP) is 2.24. The number of hydrogen-bond acceptors (Lipinski definition) is 4. The molecule has 1 fully saturated rings. The van der Waals surface area contributed by atoms with Gasteiger partial charge in [0.05, 0.1) is 30.3 Å². The van der Waals surface area contributed by atoms with E-state index in [1.807, 2.05) is 18.2 Å². The van der Waals surface area contributed by atoms with Gasteiger partial charge in [0, 0.05) is 19.5 Å². The molecule has 1 saturated heterocycles. The molecule has 1 aliphatic rings. The van der Waals surface area contributed by atoms with E-state index >= 15 is 0 Å². The molecule has 26 heavy (non-hydrogen) atoms. The molecule has 2 aromatic carbocycles. The SMILES string of the molecule is COc1ccccc1N1CC(C(=O)NCc2ccc(C#N)cc2)CC1=O. The van der Waals surface area contributed by atoms with Crippen LogP contribution in [0, 0.1) is 17.2 Å². The highest BCUT2D eigenvalue weighted by Gasteiger charge is 2.36. The third-order valence-electron chi connectivity index (χ3n) is 4.42. The first-order chi connectivity index (χ1) is 12.6. The maximum Gasteiger partial charge on any atom is 0.227 e. The summed E-state index contributed by atoms with van der Waals surface area (Å²) >= 11 is 0. The molecule has 1 N–H and O–H groups in total. The lowest BCUT2D eigenvalue weighted by Crippen LogP contribution is -2.32. The number of carbonyl (C=O) groups excluding carboxylic acids is 2. The number of anilines is 1. The van der Waals surface area contributed by atoms with Crippen LogP contribution in [0.3, 0.4) is 0 Å². The zero-order valence-electron chi connectivity index (χ0n) is 14.4. The summed E-state index contributed by atoms with van der Waals surface area (Å²) in [4.78, 5) is 26.4. The van der Waals surface area contributed by atoms with Crippen LogP contribution in [0.25, 0.3) is 0 Å². The molecular weight excluding hydrogens is 330 g/mol. The van der Waals surface area contributed by atoms with Crippen molar-refractivity contribution >= 4 is 17.5 Å². The summed E-state index contributed by atoms with van der Waals surface area (Å²) in [5.74, 6) is -0.0292. The van der Waals surface area contributed by atoms with Crippen LogP contribution in [-0.2, 0) is 16.1 Å². The van der Waals surface area contributed by atoms with Crippen LogP contribution in [0.2, 0.25) is 0 Å². The van der Waals surface area contributed by atoms with Gasteiger partial charge in [0.1, 0.15) is 5.75 Å². The second-order valence-electron chi connectivity index (χ2n) is 6.10. The van der Waals surface area contributed by atoms with Crippen molar-refractivity contribution in [3.05, 3.63) is 59.7 Å². The number of nitrogens with one attached hydrogen (secondary N) is 1. The van der Waals surface area contributed by atoms with Crippen LogP contribution in [0.4, 0.5) is 5.69 Å². The molecule has 1 heterocycles. The molecule has 0 spiro atoms. The predicted molar refractivity (Wildman–Crippen MR) is 96.5 cm³/mol. The van der Waals surface area contributed by atoms with Gasteiger partial charge in [-0.15, -0.1) is 0 Å². The number of nitrogens with zero attached hydrogens (tertiary/aromatic N) is 2. The maximum atomic E-state index is 12.4. The Morgan fingerprint density at radius 1 is 1.27 bits per heavy atom. The van der Waals surface area contributed by atoms with Gasteiger partial charge in [0.25, 0.3) is 0 Å². The van der Waals surface area contributed by atoms with E-state index in [9.17, 15) is 9.59 Å². The summed E-state index contributed by atoms with van der Waals surface area (Å²) in [6.07, 6.45) is 0.178. The minimum Gasteiger partial charge on any atom is -0.495 e. The Morgan fingerprint density at radius 3 is 2.69 bits per heavy atom. The molecule has 0 aliphatic carbocycles. The molecule has 1 unspecified atom stereocenters. The van der Waals surface area contributed by atoms with Crippen molar-refractivity contribution in [1.82, 2.24) is 5.32 Å². The van der Waals surface area contributed by atoms with E-state index in [2.05, 4.69) is 11.4 Å². The molecule has 1 atom stereocenters. The molecule has 0 saturated carbocycles. The summed E-state index contributed by atoms with van der Waals surface area (Å²) in [6, 6.07) is 16.4. The van der Waals surface area contributed by atoms with Crippen molar-refractivity contribution in [2.45, 2.75) is 13.0 Å². The highest BCUT2D eigenvalue weighted by atomic mass is 16.5. The number of methoxy groups -OCH3 is 1. The van der Waals surface area contributed by atoms with Crippen molar-refractivity contribution in [1.29, 1.82) is 5.26 Å². The van der Waals surface area contributed by atoms with Crippen molar-refractivity contribution in [3.8, 4) is 11.8 Å². The van der Waals surface area contributed by atoms with E-state index in [4.69, 9.17) is 10.00 Å². The Balaban J connectivity index is 1.62. The Hall–Kier alpha value is -3.33. The Morgan fingerprint density at radius 2 is 2.00 bits per heavy atom. The number of ether oxygens (including phenoxy) is 1. The van der Waals surface area contributed by atoms with E-state index in [0.29, 0.717) is 30.1 Å². The zero-order valence-corrected chi connectivity index (χ0v) is 14.4. The Bertz CT molecular complexity index is 855. The molecule has 6 heteroatoms. The summed E-state index contributed by atoms with van der Waals surface area (Å²) < 4.78 is 5.31. The Labute approximate surface area is 152 Å². The van der Waals surface area contributed by atoms with Crippen molar-refractivity contribution in [2.24, 2.45) is 5.92 Å². The highest BCUT2D eigenvalue weighted by molar-refractivity contribution is 6.01. The molecule has 1 aliphatic heterocycles. The molecule has 2 amide bonds. The highest BCUT2D eigenvalue weighted by Crippen LogP contribution is 2.32. The monoisotopic (exact) mass is 349 g/mol. The molecule has 3 rings (SSSR count). The second-order valence-corrected chi connectivity index (χ2v) is 6.10. The maximum absolute atomic E-state index is 12.4. The average Bonchev–Trinajstić information content (AvgIpc) is 3.08. The standard InChI is InChI=1S/C20H19N3O3/c1-26-18-5-3-2-4-17(18)23-13-16(10-19(23)24)20(25)22-12-15-8-6-14(11-21)7-9-15/h2-9,16H,10,12-13H2,1H3,(H,22,25). The van der Waals surface area contributed by atoms with Gasteiger partial charge in [-0.25, -0.2) is 0 Å². The van der Waals surface area contributed by atoms with E-state index in [0.717, 1.165) is 5.56 Å². The van der Waals surface area contributed by atoms with Crippen molar-refractivity contribution in [3.63, 3.8) is 0 Å². The zero-order chi connectivity index (χ0) is 18.5. The third-order valence-corrected chi connectivity index (χ3v) is 4.42. The molecule has 0 bridgehead atoms. The van der Waals surface area contributed by atoms with Gasteiger partial charge in [0.2, 0.25) is 11.8 Å². The molecule has 0 aromatic heterocycles. The summed E-state index contributed by atoms with van der Waals surface area (Å²) in [7, 11) is 1.56. The number of hydrogen-bond donors (Lipinski definition) is 1. The number of nitriles is 1. The quantitative estimate of drug-likeness (QED) is 0.897. The van der Waals surface area contributed by atoms with E-state index in [-0.39, 0.29) is 18.2 Å². The van der Waals surface area contributed by atoms with Gasteiger partial charge < -0.3 is 15.0 Å². The minimum absolute atomic E-state index is 0.0898. The smallest absolute Gasteiger partial charge is 0.227 e. The molecule has 6 nitrogen and oxygen atoms in total. The van der Waals surface area contributed by atoms with E-state index < -0.39 is 5.92 Å². The Kier molecular flexibility index (Phi) is 5.18. The molecular formula is C20H19N3O3. The molecule has 2 aromatic rings. The van der Waals surface area contributed by atoms with Crippen molar-refractivity contribution < 1.29 is 14.3 Å². The summed E-state index contributed by atoms with van der Waals surface area (Å²) in [5.41, 5.74) is 2.17. The summed E-state index contributed by atoms with van der Waals surface area (Å²) in [5, 5.41) is 11.7. The summed E-state index contributed by atoms with van der Waals surface area (Å²) in [6.45, 7) is 0.697. The van der Waals surface area contributed by atoms with Gasteiger partial charge in [0.15, 0.2) is 0 Å². The fourth-order valence-corrected chi connectivity index (χ4v) is 3.00. The van der Waals surface area contributed by atoms with E-state index in [1.165, 1.54) is 0 Å². The first kappa shape index (κ1) is 17.5. The largest absolute Gasteiger partial charge is 0.495 e. The number of benzene rings is 2. The van der Waals surface area contributed by atoms with Crippen LogP contribution >= 0.6 is 0 Å². The van der Waals surface area contributed by atoms with Crippen LogP contribution in [-0.4, -0.2) is 25.5 Å². The minimum atomic E-state index is -0.397. The van der Waals surface area contributed by atoms with Crippen LogP contribution in [0.15, 0.2) is 48.5 Å². The van der Waals surface area contributed by atoms with Gasteiger partial charge in [-0.1, -0.05) is 24.3 Å². The third kappa shape index (κ3) is 3.67. The lowest BCUT2D eigenvalue weighted by atomic mass is 10.1. The second kappa shape index (κ2) is 7.70. The lowest BCUT2D eigenvalue weighted by molar-refractivity contribution is -0.126. The number of carbonyl (C=O) groups is 2. The van der Waals surface area contributed by atoms with Crippen LogP contribution < -0.4 is 15.0 Å². The van der Waals surface area contributed by atoms with Gasteiger partial charge in [-0.3, -0.25) is 9.59 Å². The number of rotatable bonds is 5. The van der Waals surface area contributed by atoms with Crippen LogP contribution in [0.1, 0.15) is 17.5 Å². The topological polar surface area (TPSA) is 82.4 Å². The molecule has 132 valence electrons. The lowest BCUT2D eigenvalue weighted by Gasteiger charge is -2.19. The van der Waals surface area contributed by atoms with Gasteiger partial charge in [-0.2, -0.15) is 5.26 Å². The van der Waals surface area contributed by atoms with E-state index in [1.54, 1.807) is 42.3 Å². The number of para-hydroxylation sites is 2. The fourth-order valence-electron chi connectivity index (χ4n) is 3.00. The fraction of sp³-hybridized carbons (Fsp3) is 0.250. The first-order valence-electron chi connectivity index (χ1n) is 8.32. The van der Waals surface area contributed by atoms with Crippen LogP contribution in [0.5, 0.6) is 5.75 Å². The average molecular weight is 349 g/mol.